The third-order valence-electron chi connectivity index (χ3n) is 5.25. The molecule has 1 saturated heterocycles. The number of hydrogen-bond donors (Lipinski definition) is 1. The van der Waals surface area contributed by atoms with Crippen molar-refractivity contribution in [2.75, 3.05) is 18.0 Å². The molecular formula is C21H21N7O. The predicted octanol–water partition coefficient (Wildman–Crippen LogP) is 3.11. The molecule has 0 amide bonds. The van der Waals surface area contributed by atoms with Crippen molar-refractivity contribution < 1.29 is 4.74 Å². The van der Waals surface area contributed by atoms with Crippen molar-refractivity contribution in [3.05, 3.63) is 36.8 Å². The Morgan fingerprint density at radius 3 is 2.83 bits per heavy atom. The molecule has 1 aliphatic rings. The maximum absolute atomic E-state index is 9.21. The number of benzene rings is 1. The van der Waals surface area contributed by atoms with Crippen molar-refractivity contribution in [3.8, 4) is 17.3 Å². The molecule has 4 heterocycles. The van der Waals surface area contributed by atoms with Crippen molar-refractivity contribution in [2.24, 2.45) is 0 Å². The topological polar surface area (TPSA) is 95.7 Å². The normalized spacial score (nSPS) is 19.7. The highest BCUT2D eigenvalue weighted by atomic mass is 16.5. The minimum absolute atomic E-state index is 0.0959. The summed E-state index contributed by atoms with van der Waals surface area (Å²) in [6.45, 7) is 5.74. The second-order valence-corrected chi connectivity index (χ2v) is 7.48. The Balaban J connectivity index is 1.74. The minimum atomic E-state index is 0.0959. The Morgan fingerprint density at radius 1 is 1.21 bits per heavy atom. The van der Waals surface area contributed by atoms with E-state index < -0.39 is 0 Å². The van der Waals surface area contributed by atoms with Crippen LogP contribution in [0.3, 0.4) is 0 Å². The van der Waals surface area contributed by atoms with Crippen LogP contribution in [0.15, 0.2) is 36.8 Å². The second kappa shape index (κ2) is 6.87. The van der Waals surface area contributed by atoms with Gasteiger partial charge in [0.1, 0.15) is 17.8 Å². The molecule has 1 fully saturated rings. The Kier molecular flexibility index (Phi) is 4.18. The van der Waals surface area contributed by atoms with Crippen molar-refractivity contribution in [2.45, 2.75) is 32.6 Å². The molecule has 0 radical (unpaired) electrons. The van der Waals surface area contributed by atoms with Crippen LogP contribution in [0.4, 0.5) is 5.95 Å². The summed E-state index contributed by atoms with van der Waals surface area (Å²) in [5.41, 5.74) is 4.19. The summed E-state index contributed by atoms with van der Waals surface area (Å²) in [5.74, 6) is 0.640. The van der Waals surface area contributed by atoms with Crippen molar-refractivity contribution >= 4 is 28.0 Å². The van der Waals surface area contributed by atoms with E-state index in [0.29, 0.717) is 17.1 Å². The van der Waals surface area contributed by atoms with Gasteiger partial charge in [-0.2, -0.15) is 10.2 Å². The van der Waals surface area contributed by atoms with Gasteiger partial charge in [0, 0.05) is 35.8 Å². The number of aromatic amines is 1. The zero-order valence-electron chi connectivity index (χ0n) is 16.3. The summed E-state index contributed by atoms with van der Waals surface area (Å²) in [7, 11) is 0. The molecule has 0 saturated carbocycles. The molecule has 1 aliphatic heterocycles. The first-order valence-electron chi connectivity index (χ1n) is 9.70. The van der Waals surface area contributed by atoms with E-state index in [1.807, 2.05) is 24.4 Å². The van der Waals surface area contributed by atoms with Crippen LogP contribution in [0.2, 0.25) is 0 Å². The second-order valence-electron chi connectivity index (χ2n) is 7.48. The smallest absolute Gasteiger partial charge is 0.228 e. The molecule has 5 rings (SSSR count). The molecule has 8 heteroatoms. The number of imidazole rings is 1. The largest absolute Gasteiger partial charge is 0.372 e. The van der Waals surface area contributed by atoms with Crippen LogP contribution in [0, 0.1) is 11.3 Å². The molecule has 146 valence electrons. The number of fused-ring (bicyclic) bond motifs is 2. The fourth-order valence-corrected chi connectivity index (χ4v) is 4.09. The fraction of sp³-hybridized carbons (Fsp3) is 0.333. The van der Waals surface area contributed by atoms with Gasteiger partial charge in [-0.05, 0) is 26.0 Å². The Labute approximate surface area is 167 Å². The first-order valence-corrected chi connectivity index (χ1v) is 9.70. The van der Waals surface area contributed by atoms with E-state index in [0.717, 1.165) is 35.2 Å². The van der Waals surface area contributed by atoms with E-state index in [2.05, 4.69) is 40.9 Å². The van der Waals surface area contributed by atoms with Crippen LogP contribution >= 0.6 is 0 Å². The van der Waals surface area contributed by atoms with Gasteiger partial charge in [0.05, 0.1) is 24.6 Å². The standard InChI is InChI=1S/C21H21N7O/c1-13-10-28(11-14(2)29-13)21-25-18(16-4-3-5-17-15(16)6-8-23-17)19-20(26-21)27(9-7-22)12-24-19/h3-6,8,12-14,23H,9-11H2,1-2H3. The van der Waals surface area contributed by atoms with E-state index in [-0.39, 0.29) is 18.8 Å². The third kappa shape index (κ3) is 3.00. The van der Waals surface area contributed by atoms with E-state index in [4.69, 9.17) is 14.7 Å². The van der Waals surface area contributed by atoms with Crippen LogP contribution < -0.4 is 4.90 Å². The average Bonchev–Trinajstić information content (AvgIpc) is 3.34. The Morgan fingerprint density at radius 2 is 2.03 bits per heavy atom. The van der Waals surface area contributed by atoms with Gasteiger partial charge in [0.2, 0.25) is 5.95 Å². The van der Waals surface area contributed by atoms with Crippen LogP contribution in [0.25, 0.3) is 33.3 Å². The lowest BCUT2D eigenvalue weighted by molar-refractivity contribution is -0.00569. The summed E-state index contributed by atoms with van der Waals surface area (Å²) in [5, 5.41) is 10.3. The zero-order valence-corrected chi connectivity index (χ0v) is 16.3. The number of nitrogens with one attached hydrogen (secondary N) is 1. The van der Waals surface area contributed by atoms with Gasteiger partial charge in [0.25, 0.3) is 0 Å². The number of rotatable bonds is 3. The summed E-state index contributed by atoms with van der Waals surface area (Å²) in [6.07, 6.45) is 3.78. The number of aromatic nitrogens is 5. The molecule has 0 aliphatic carbocycles. The molecule has 0 bridgehead atoms. The average molecular weight is 387 g/mol. The third-order valence-corrected chi connectivity index (χ3v) is 5.25. The summed E-state index contributed by atoms with van der Waals surface area (Å²) in [4.78, 5) is 19.7. The van der Waals surface area contributed by atoms with E-state index in [9.17, 15) is 5.26 Å². The highest BCUT2D eigenvalue weighted by Crippen LogP contribution is 2.33. The first kappa shape index (κ1) is 17.6. The number of anilines is 1. The highest BCUT2D eigenvalue weighted by Gasteiger charge is 2.26. The number of nitriles is 1. The van der Waals surface area contributed by atoms with Gasteiger partial charge < -0.3 is 19.2 Å². The molecular weight excluding hydrogens is 366 g/mol. The molecule has 0 spiro atoms. The van der Waals surface area contributed by atoms with Crippen molar-refractivity contribution in [3.63, 3.8) is 0 Å². The monoisotopic (exact) mass is 387 g/mol. The van der Waals surface area contributed by atoms with Crippen LogP contribution in [-0.4, -0.2) is 49.8 Å². The SMILES string of the molecule is CC1CN(c2nc(-c3cccc4[nH]ccc34)c3ncn(CC#N)c3n2)CC(C)O1. The van der Waals surface area contributed by atoms with Gasteiger partial charge in [-0.1, -0.05) is 12.1 Å². The number of hydrogen-bond acceptors (Lipinski definition) is 6. The lowest BCUT2D eigenvalue weighted by Crippen LogP contribution is -2.46. The highest BCUT2D eigenvalue weighted by molar-refractivity contribution is 6.00. The van der Waals surface area contributed by atoms with Gasteiger partial charge in [-0.15, -0.1) is 0 Å². The molecule has 29 heavy (non-hydrogen) atoms. The Hall–Kier alpha value is -3.44. The van der Waals surface area contributed by atoms with Gasteiger partial charge in [-0.25, -0.2) is 9.97 Å². The molecule has 3 aromatic heterocycles. The number of ether oxygens (including phenoxy) is 1. The predicted molar refractivity (Wildman–Crippen MR) is 110 cm³/mol. The molecule has 4 aromatic rings. The lowest BCUT2D eigenvalue weighted by atomic mass is 10.1. The van der Waals surface area contributed by atoms with Gasteiger partial charge >= 0.3 is 0 Å². The number of nitrogens with zero attached hydrogens (tertiary/aromatic N) is 6. The van der Waals surface area contributed by atoms with Crippen LogP contribution in [0.5, 0.6) is 0 Å². The zero-order chi connectivity index (χ0) is 20.0. The molecule has 1 aromatic carbocycles. The first-order chi connectivity index (χ1) is 14.1. The van der Waals surface area contributed by atoms with Crippen molar-refractivity contribution in [1.82, 2.24) is 24.5 Å². The van der Waals surface area contributed by atoms with Gasteiger partial charge in [0.15, 0.2) is 5.65 Å². The quantitative estimate of drug-likeness (QED) is 0.580. The minimum Gasteiger partial charge on any atom is -0.372 e. The fourth-order valence-electron chi connectivity index (χ4n) is 4.09. The van der Waals surface area contributed by atoms with Crippen LogP contribution in [0.1, 0.15) is 13.8 Å². The Bertz CT molecular complexity index is 1230. The molecule has 1 N–H and O–H groups in total. The molecule has 2 unspecified atom stereocenters. The van der Waals surface area contributed by atoms with Gasteiger partial charge in [-0.3, -0.25) is 0 Å². The molecule has 2 atom stereocenters. The van der Waals surface area contributed by atoms with Crippen LogP contribution in [-0.2, 0) is 11.3 Å². The summed E-state index contributed by atoms with van der Waals surface area (Å²) < 4.78 is 7.65. The summed E-state index contributed by atoms with van der Waals surface area (Å²) in [6, 6.07) is 10.3. The van der Waals surface area contributed by atoms with E-state index in [1.165, 1.54) is 0 Å². The number of morpholine rings is 1. The molecule has 8 nitrogen and oxygen atoms in total. The maximum Gasteiger partial charge on any atom is 0.228 e. The van der Waals surface area contributed by atoms with Crippen molar-refractivity contribution in [1.29, 1.82) is 5.26 Å². The lowest BCUT2D eigenvalue weighted by Gasteiger charge is -2.35. The number of H-pyrrole nitrogens is 1. The van der Waals surface area contributed by atoms with E-state index >= 15 is 0 Å². The maximum atomic E-state index is 9.21. The van der Waals surface area contributed by atoms with E-state index in [1.54, 1.807) is 10.9 Å². The summed E-state index contributed by atoms with van der Waals surface area (Å²) >= 11 is 0.